The Bertz CT molecular complexity index is 297. The van der Waals surface area contributed by atoms with Gasteiger partial charge in [-0.25, -0.2) is 0 Å². The lowest BCUT2D eigenvalue weighted by Gasteiger charge is -2.14. The summed E-state index contributed by atoms with van der Waals surface area (Å²) in [6.45, 7) is 4.86. The van der Waals surface area contributed by atoms with Crippen molar-refractivity contribution in [2.75, 3.05) is 6.54 Å². The molecule has 2 atom stereocenters. The summed E-state index contributed by atoms with van der Waals surface area (Å²) in [7, 11) is 0. The molecule has 1 rings (SSSR count). The van der Waals surface area contributed by atoms with Crippen molar-refractivity contribution in [1.29, 1.82) is 0 Å². The van der Waals surface area contributed by atoms with Gasteiger partial charge < -0.3 is 10.4 Å². The van der Waals surface area contributed by atoms with Crippen molar-refractivity contribution in [3.05, 3.63) is 34.3 Å². The molecule has 0 heterocycles. The maximum atomic E-state index is 9.14. The van der Waals surface area contributed by atoms with Gasteiger partial charge >= 0.3 is 0 Å². The van der Waals surface area contributed by atoms with Crippen LogP contribution in [0.15, 0.2) is 28.7 Å². The summed E-state index contributed by atoms with van der Waals surface area (Å²) in [5.41, 5.74) is 1.33. The minimum atomic E-state index is -0.215. The largest absolute Gasteiger partial charge is 0.393 e. The second-order valence-electron chi connectivity index (χ2n) is 4.32. The molecule has 0 saturated carbocycles. The Balaban J connectivity index is 2.28. The van der Waals surface area contributed by atoms with Gasteiger partial charge in [0.15, 0.2) is 0 Å². The number of rotatable bonds is 6. The normalized spacial score (nSPS) is 14.8. The lowest BCUT2D eigenvalue weighted by Crippen LogP contribution is -2.30. The zero-order valence-corrected chi connectivity index (χ0v) is 11.5. The molecule has 0 radical (unpaired) electrons. The maximum absolute atomic E-state index is 9.14. The van der Waals surface area contributed by atoms with E-state index in [1.165, 1.54) is 5.56 Å². The van der Waals surface area contributed by atoms with Gasteiger partial charge in [-0.1, -0.05) is 28.1 Å². The van der Waals surface area contributed by atoms with Crippen molar-refractivity contribution in [1.82, 2.24) is 5.32 Å². The van der Waals surface area contributed by atoms with Crippen LogP contribution >= 0.6 is 15.9 Å². The average Bonchev–Trinajstić information content (AvgIpc) is 2.21. The van der Waals surface area contributed by atoms with Gasteiger partial charge in [0.25, 0.3) is 0 Å². The van der Waals surface area contributed by atoms with E-state index in [0.717, 1.165) is 23.9 Å². The second kappa shape index (κ2) is 7.05. The quantitative estimate of drug-likeness (QED) is 0.842. The first kappa shape index (κ1) is 13.7. The minimum absolute atomic E-state index is 0.215. The van der Waals surface area contributed by atoms with Crippen molar-refractivity contribution in [3.63, 3.8) is 0 Å². The molecule has 0 aromatic heterocycles. The third kappa shape index (κ3) is 5.64. The van der Waals surface area contributed by atoms with E-state index in [4.69, 9.17) is 5.11 Å². The van der Waals surface area contributed by atoms with Crippen LogP contribution in [0.3, 0.4) is 0 Å². The molecule has 0 aliphatic heterocycles. The fourth-order valence-corrected chi connectivity index (χ4v) is 1.85. The summed E-state index contributed by atoms with van der Waals surface area (Å²) in [4.78, 5) is 0. The topological polar surface area (TPSA) is 32.3 Å². The Kier molecular flexibility index (Phi) is 6.03. The summed E-state index contributed by atoms with van der Waals surface area (Å²) in [6, 6.07) is 8.85. The van der Waals surface area contributed by atoms with E-state index in [2.05, 4.69) is 52.4 Å². The van der Waals surface area contributed by atoms with Crippen molar-refractivity contribution < 1.29 is 5.11 Å². The highest BCUT2D eigenvalue weighted by Crippen LogP contribution is 2.11. The van der Waals surface area contributed by atoms with Crippen LogP contribution in [0.2, 0.25) is 0 Å². The molecule has 2 unspecified atom stereocenters. The van der Waals surface area contributed by atoms with E-state index in [-0.39, 0.29) is 6.10 Å². The predicted molar refractivity (Wildman–Crippen MR) is 71.6 cm³/mol. The van der Waals surface area contributed by atoms with Gasteiger partial charge in [-0.3, -0.25) is 0 Å². The third-order valence-corrected chi connectivity index (χ3v) is 3.04. The lowest BCUT2D eigenvalue weighted by molar-refractivity contribution is 0.182. The maximum Gasteiger partial charge on any atom is 0.0524 e. The first-order valence-corrected chi connectivity index (χ1v) is 6.53. The number of hydrogen-bond acceptors (Lipinski definition) is 2. The number of aliphatic hydroxyl groups is 1. The van der Waals surface area contributed by atoms with Crippen LogP contribution in [-0.2, 0) is 6.42 Å². The van der Waals surface area contributed by atoms with Gasteiger partial charge in [-0.2, -0.15) is 0 Å². The summed E-state index contributed by atoms with van der Waals surface area (Å²) >= 11 is 3.43. The standard InChI is InChI=1S/C13H20BrNO/c1-10(15-8-7-11(2)16)9-12-3-5-13(14)6-4-12/h3-6,10-11,15-16H,7-9H2,1-2H3. The molecule has 3 heteroatoms. The zero-order valence-electron chi connectivity index (χ0n) is 9.91. The van der Waals surface area contributed by atoms with Gasteiger partial charge in [-0.15, -0.1) is 0 Å². The van der Waals surface area contributed by atoms with Crippen molar-refractivity contribution in [2.24, 2.45) is 0 Å². The first-order valence-electron chi connectivity index (χ1n) is 5.74. The van der Waals surface area contributed by atoms with E-state index in [1.54, 1.807) is 0 Å². The van der Waals surface area contributed by atoms with Crippen LogP contribution < -0.4 is 5.32 Å². The third-order valence-electron chi connectivity index (χ3n) is 2.51. The van der Waals surface area contributed by atoms with Crippen LogP contribution in [0.5, 0.6) is 0 Å². The summed E-state index contributed by atoms with van der Waals surface area (Å²) in [5, 5.41) is 12.5. The van der Waals surface area contributed by atoms with E-state index >= 15 is 0 Å². The molecule has 0 fully saturated rings. The molecular formula is C13H20BrNO. The van der Waals surface area contributed by atoms with Crippen molar-refractivity contribution >= 4 is 15.9 Å². The van der Waals surface area contributed by atoms with E-state index < -0.39 is 0 Å². The van der Waals surface area contributed by atoms with Gasteiger partial charge in [0.2, 0.25) is 0 Å². The lowest BCUT2D eigenvalue weighted by atomic mass is 10.1. The summed E-state index contributed by atoms with van der Waals surface area (Å²) in [5.74, 6) is 0. The molecule has 0 spiro atoms. The monoisotopic (exact) mass is 285 g/mol. The number of nitrogens with one attached hydrogen (secondary N) is 1. The molecule has 90 valence electrons. The van der Waals surface area contributed by atoms with E-state index in [9.17, 15) is 0 Å². The van der Waals surface area contributed by atoms with Crippen LogP contribution in [0, 0.1) is 0 Å². The fraction of sp³-hybridized carbons (Fsp3) is 0.538. The Hall–Kier alpha value is -0.380. The Morgan fingerprint density at radius 3 is 2.44 bits per heavy atom. The van der Waals surface area contributed by atoms with Crippen LogP contribution in [0.4, 0.5) is 0 Å². The summed E-state index contributed by atoms with van der Waals surface area (Å²) in [6.07, 6.45) is 1.62. The van der Waals surface area contributed by atoms with Gasteiger partial charge in [0.1, 0.15) is 0 Å². The van der Waals surface area contributed by atoms with Crippen molar-refractivity contribution in [3.8, 4) is 0 Å². The van der Waals surface area contributed by atoms with Crippen LogP contribution in [-0.4, -0.2) is 23.8 Å². The molecule has 0 saturated heterocycles. The molecule has 0 bridgehead atoms. The SMILES string of the molecule is CC(O)CCNC(C)Cc1ccc(Br)cc1. The van der Waals surface area contributed by atoms with Crippen LogP contribution in [0.25, 0.3) is 0 Å². The molecule has 0 aliphatic carbocycles. The molecular weight excluding hydrogens is 266 g/mol. The molecule has 16 heavy (non-hydrogen) atoms. The number of aliphatic hydroxyl groups excluding tert-OH is 1. The first-order chi connectivity index (χ1) is 7.58. The second-order valence-corrected chi connectivity index (χ2v) is 5.24. The number of hydrogen-bond donors (Lipinski definition) is 2. The highest BCUT2D eigenvalue weighted by atomic mass is 79.9. The van der Waals surface area contributed by atoms with E-state index in [1.807, 2.05) is 6.92 Å². The molecule has 2 nitrogen and oxygen atoms in total. The smallest absolute Gasteiger partial charge is 0.0524 e. The van der Waals surface area contributed by atoms with Gasteiger partial charge in [0.05, 0.1) is 6.10 Å². The van der Waals surface area contributed by atoms with Crippen molar-refractivity contribution in [2.45, 2.75) is 38.8 Å². The van der Waals surface area contributed by atoms with E-state index in [0.29, 0.717) is 6.04 Å². The molecule has 0 aliphatic rings. The summed E-state index contributed by atoms with van der Waals surface area (Å²) < 4.78 is 1.12. The molecule has 2 N–H and O–H groups in total. The molecule has 1 aromatic rings. The average molecular weight is 286 g/mol. The number of halogens is 1. The predicted octanol–water partition coefficient (Wildman–Crippen LogP) is 2.74. The fourth-order valence-electron chi connectivity index (χ4n) is 1.58. The molecule has 1 aromatic carbocycles. The Morgan fingerprint density at radius 2 is 1.88 bits per heavy atom. The Labute approximate surface area is 106 Å². The highest BCUT2D eigenvalue weighted by molar-refractivity contribution is 9.10. The van der Waals surface area contributed by atoms with Gasteiger partial charge in [-0.05, 0) is 50.9 Å². The highest BCUT2D eigenvalue weighted by Gasteiger charge is 2.03. The van der Waals surface area contributed by atoms with Crippen LogP contribution in [0.1, 0.15) is 25.8 Å². The van der Waals surface area contributed by atoms with Gasteiger partial charge in [0, 0.05) is 10.5 Å². The zero-order chi connectivity index (χ0) is 12.0. The number of benzene rings is 1. The Morgan fingerprint density at radius 1 is 1.25 bits per heavy atom. The minimum Gasteiger partial charge on any atom is -0.393 e. The molecule has 0 amide bonds.